The quantitative estimate of drug-likeness (QED) is 0.863. The molecule has 0 aromatic carbocycles. The molecule has 1 aliphatic heterocycles. The lowest BCUT2D eigenvalue weighted by Crippen LogP contribution is -2.24. The molecule has 1 aliphatic rings. The molecule has 17 heavy (non-hydrogen) atoms. The number of aromatic nitrogens is 1. The molecule has 0 spiro atoms. The highest BCUT2D eigenvalue weighted by atomic mass is 16.5. The number of anilines is 1. The maximum Gasteiger partial charge on any atom is 0.219 e. The summed E-state index contributed by atoms with van der Waals surface area (Å²) in [5, 5.41) is 3.31. The molecule has 0 aliphatic carbocycles. The Hall–Kier alpha value is -1.29. The lowest BCUT2D eigenvalue weighted by atomic mass is 10.2. The van der Waals surface area contributed by atoms with Crippen LogP contribution in [0.4, 0.5) is 5.82 Å². The fourth-order valence-electron chi connectivity index (χ4n) is 2.04. The van der Waals surface area contributed by atoms with Crippen molar-refractivity contribution in [1.82, 2.24) is 10.3 Å². The number of pyridine rings is 1. The standard InChI is InChI=1S/C13H21N3O/c1-3-8-16(4-2)12-6-5-11-10-14-7-9-17-13(11)15-12/h5-6,14H,3-4,7-10H2,1-2H3. The minimum atomic E-state index is 0.698. The van der Waals surface area contributed by atoms with E-state index in [0.29, 0.717) is 6.61 Å². The van der Waals surface area contributed by atoms with Gasteiger partial charge in [-0.1, -0.05) is 6.92 Å². The van der Waals surface area contributed by atoms with E-state index in [-0.39, 0.29) is 0 Å². The van der Waals surface area contributed by atoms with E-state index in [0.717, 1.165) is 49.9 Å². The number of ether oxygens (including phenoxy) is 1. The van der Waals surface area contributed by atoms with Gasteiger partial charge < -0.3 is 15.0 Å². The lowest BCUT2D eigenvalue weighted by Gasteiger charge is -2.22. The van der Waals surface area contributed by atoms with Gasteiger partial charge in [-0.3, -0.25) is 0 Å². The Morgan fingerprint density at radius 1 is 1.41 bits per heavy atom. The molecule has 0 radical (unpaired) electrons. The Bertz CT molecular complexity index is 368. The van der Waals surface area contributed by atoms with Gasteiger partial charge in [-0.2, -0.15) is 4.98 Å². The Balaban J connectivity index is 2.21. The van der Waals surface area contributed by atoms with Crippen LogP contribution in [0.1, 0.15) is 25.8 Å². The zero-order valence-electron chi connectivity index (χ0n) is 10.7. The molecule has 4 nitrogen and oxygen atoms in total. The molecular formula is C13H21N3O. The second kappa shape index (κ2) is 5.87. The Morgan fingerprint density at radius 2 is 2.29 bits per heavy atom. The minimum absolute atomic E-state index is 0.698. The summed E-state index contributed by atoms with van der Waals surface area (Å²) in [6.07, 6.45) is 1.13. The molecule has 0 amide bonds. The number of rotatable bonds is 4. The highest BCUT2D eigenvalue weighted by Crippen LogP contribution is 2.22. The summed E-state index contributed by atoms with van der Waals surface area (Å²) >= 11 is 0. The number of nitrogens with one attached hydrogen (secondary N) is 1. The summed E-state index contributed by atoms with van der Waals surface area (Å²) in [5.41, 5.74) is 1.15. The van der Waals surface area contributed by atoms with Crippen LogP contribution in [0.2, 0.25) is 0 Å². The van der Waals surface area contributed by atoms with Crippen molar-refractivity contribution in [1.29, 1.82) is 0 Å². The predicted octanol–water partition coefficient (Wildman–Crippen LogP) is 1.80. The van der Waals surface area contributed by atoms with Crippen LogP contribution in [0.25, 0.3) is 0 Å². The van der Waals surface area contributed by atoms with Gasteiger partial charge in [0.1, 0.15) is 12.4 Å². The minimum Gasteiger partial charge on any atom is -0.476 e. The molecule has 0 bridgehead atoms. The normalized spacial score (nSPS) is 14.7. The third-order valence-electron chi connectivity index (χ3n) is 2.96. The highest BCUT2D eigenvalue weighted by molar-refractivity contribution is 5.44. The van der Waals surface area contributed by atoms with E-state index in [1.54, 1.807) is 0 Å². The van der Waals surface area contributed by atoms with Gasteiger partial charge in [0.25, 0.3) is 0 Å². The van der Waals surface area contributed by atoms with E-state index in [4.69, 9.17) is 4.74 Å². The zero-order valence-corrected chi connectivity index (χ0v) is 10.7. The van der Waals surface area contributed by atoms with Crippen LogP contribution in [0.15, 0.2) is 12.1 Å². The van der Waals surface area contributed by atoms with Crippen molar-refractivity contribution in [3.8, 4) is 5.88 Å². The first-order valence-corrected chi connectivity index (χ1v) is 6.43. The molecule has 0 fully saturated rings. The molecule has 1 N–H and O–H groups in total. The van der Waals surface area contributed by atoms with Crippen molar-refractivity contribution in [2.24, 2.45) is 0 Å². The summed E-state index contributed by atoms with van der Waals surface area (Å²) in [6, 6.07) is 4.21. The maximum atomic E-state index is 5.66. The smallest absolute Gasteiger partial charge is 0.219 e. The molecule has 0 atom stereocenters. The summed E-state index contributed by atoms with van der Waals surface area (Å²) in [5.74, 6) is 1.82. The van der Waals surface area contributed by atoms with E-state index < -0.39 is 0 Å². The van der Waals surface area contributed by atoms with Gasteiger partial charge in [-0.05, 0) is 25.5 Å². The molecule has 0 saturated heterocycles. The Kier molecular flexibility index (Phi) is 4.20. The largest absolute Gasteiger partial charge is 0.476 e. The first-order chi connectivity index (χ1) is 8.35. The molecular weight excluding hydrogens is 214 g/mol. The van der Waals surface area contributed by atoms with Crippen LogP contribution in [-0.2, 0) is 6.54 Å². The van der Waals surface area contributed by atoms with Gasteiger partial charge in [0.2, 0.25) is 5.88 Å². The Morgan fingerprint density at radius 3 is 3.06 bits per heavy atom. The average Bonchev–Trinajstić information content (AvgIpc) is 2.60. The van der Waals surface area contributed by atoms with E-state index in [9.17, 15) is 0 Å². The van der Waals surface area contributed by atoms with Gasteiger partial charge >= 0.3 is 0 Å². The lowest BCUT2D eigenvalue weighted by molar-refractivity contribution is 0.314. The summed E-state index contributed by atoms with van der Waals surface area (Å²) in [4.78, 5) is 6.91. The molecule has 0 saturated carbocycles. The van der Waals surface area contributed by atoms with Crippen molar-refractivity contribution in [3.63, 3.8) is 0 Å². The fourth-order valence-corrected chi connectivity index (χ4v) is 2.04. The van der Waals surface area contributed by atoms with Crippen LogP contribution >= 0.6 is 0 Å². The van der Waals surface area contributed by atoms with Gasteiger partial charge in [0, 0.05) is 31.7 Å². The topological polar surface area (TPSA) is 37.4 Å². The first kappa shape index (κ1) is 12.2. The van der Waals surface area contributed by atoms with E-state index >= 15 is 0 Å². The molecule has 2 rings (SSSR count). The predicted molar refractivity (Wildman–Crippen MR) is 69.6 cm³/mol. The SMILES string of the molecule is CCCN(CC)c1ccc2c(n1)OCCNC2. The van der Waals surface area contributed by atoms with Crippen LogP contribution in [0.3, 0.4) is 0 Å². The fraction of sp³-hybridized carbons (Fsp3) is 0.615. The maximum absolute atomic E-state index is 5.66. The molecule has 1 aromatic heterocycles. The third-order valence-corrected chi connectivity index (χ3v) is 2.96. The number of nitrogens with zero attached hydrogens (tertiary/aromatic N) is 2. The monoisotopic (exact) mass is 235 g/mol. The molecule has 94 valence electrons. The van der Waals surface area contributed by atoms with Gasteiger partial charge in [-0.15, -0.1) is 0 Å². The van der Waals surface area contributed by atoms with Crippen LogP contribution < -0.4 is 15.0 Å². The van der Waals surface area contributed by atoms with Crippen LogP contribution in [0, 0.1) is 0 Å². The summed E-state index contributed by atoms with van der Waals surface area (Å²) in [7, 11) is 0. The highest BCUT2D eigenvalue weighted by Gasteiger charge is 2.12. The molecule has 2 heterocycles. The first-order valence-electron chi connectivity index (χ1n) is 6.43. The van der Waals surface area contributed by atoms with E-state index in [1.807, 2.05) is 0 Å². The van der Waals surface area contributed by atoms with Crippen LogP contribution in [0.5, 0.6) is 5.88 Å². The van der Waals surface area contributed by atoms with Gasteiger partial charge in [0.15, 0.2) is 0 Å². The summed E-state index contributed by atoms with van der Waals surface area (Å²) in [6.45, 7) is 8.81. The number of hydrogen-bond donors (Lipinski definition) is 1. The molecule has 0 unspecified atom stereocenters. The van der Waals surface area contributed by atoms with E-state index in [2.05, 4.69) is 41.2 Å². The molecule has 1 aromatic rings. The van der Waals surface area contributed by atoms with Crippen molar-refractivity contribution < 1.29 is 4.74 Å². The average molecular weight is 235 g/mol. The molecule has 4 heteroatoms. The van der Waals surface area contributed by atoms with Crippen LogP contribution in [-0.4, -0.2) is 31.2 Å². The van der Waals surface area contributed by atoms with Gasteiger partial charge in [-0.25, -0.2) is 0 Å². The van der Waals surface area contributed by atoms with Crippen molar-refractivity contribution in [2.75, 3.05) is 31.1 Å². The zero-order chi connectivity index (χ0) is 12.1. The Labute approximate surface area is 103 Å². The van der Waals surface area contributed by atoms with E-state index in [1.165, 1.54) is 0 Å². The van der Waals surface area contributed by atoms with Crippen molar-refractivity contribution in [2.45, 2.75) is 26.8 Å². The number of fused-ring (bicyclic) bond motifs is 1. The summed E-state index contributed by atoms with van der Waals surface area (Å²) < 4.78 is 5.66. The van der Waals surface area contributed by atoms with Crippen molar-refractivity contribution in [3.05, 3.63) is 17.7 Å². The second-order valence-corrected chi connectivity index (χ2v) is 4.24. The second-order valence-electron chi connectivity index (χ2n) is 4.24. The third kappa shape index (κ3) is 2.88. The van der Waals surface area contributed by atoms with Crippen molar-refractivity contribution >= 4 is 5.82 Å². The van der Waals surface area contributed by atoms with Gasteiger partial charge in [0.05, 0.1) is 0 Å². The number of hydrogen-bond acceptors (Lipinski definition) is 4.